The van der Waals surface area contributed by atoms with Crippen molar-refractivity contribution < 1.29 is 51.0 Å². The zero-order valence-corrected chi connectivity index (χ0v) is 47.0. The van der Waals surface area contributed by atoms with E-state index in [0.717, 1.165) is 77.5 Å². The third-order valence-corrected chi connectivity index (χ3v) is 18.9. The number of anilines is 3. The molecule has 0 radical (unpaired) electrons. The predicted octanol–water partition coefficient (Wildman–Crippen LogP) is 10.3. The molecule has 9 rings (SSSR count). The minimum Gasteiger partial charge on any atom is -0.747 e. The second-order valence-electron chi connectivity index (χ2n) is 20.6. The number of aliphatic imine (C=N–C) groups is 1. The van der Waals surface area contributed by atoms with Crippen molar-refractivity contribution in [2.75, 3.05) is 67.1 Å². The SMILES string of the molecule is CCCOCCOCCN(CC(C)(C)SSCCC(C(C)=O)S(=O)(=O)[O-])c1cc(COc2cc3c(cc2C)C(=O)N2c4ccccc4C[C@H]2CC3)cc(COc2cc3c(cc2OC)C(=O)N2c4ccccc4C[C@H]2C=N3)c1. The molecule has 0 saturated heterocycles. The van der Waals surface area contributed by atoms with Crippen LogP contribution in [0.15, 0.2) is 96.0 Å². The molecule has 1 unspecified atom stereocenters. The van der Waals surface area contributed by atoms with Crippen LogP contribution in [0.5, 0.6) is 17.2 Å². The van der Waals surface area contributed by atoms with Gasteiger partial charge >= 0.3 is 0 Å². The quantitative estimate of drug-likeness (QED) is 0.0306. The maximum Gasteiger partial charge on any atom is 0.261 e. The maximum absolute atomic E-state index is 14.2. The average Bonchev–Trinajstić information content (AvgIpc) is 3.90. The van der Waals surface area contributed by atoms with Crippen molar-refractivity contribution in [1.82, 2.24) is 0 Å². The number of Topliss-reactive ketones (excluding diaryl/α,β-unsaturated/α-hetero) is 1. The van der Waals surface area contributed by atoms with Crippen molar-refractivity contribution in [2.24, 2.45) is 4.99 Å². The Morgan fingerprint density at radius 2 is 1.48 bits per heavy atom. The van der Waals surface area contributed by atoms with Gasteiger partial charge < -0.3 is 38.0 Å². The fourth-order valence-electron chi connectivity index (χ4n) is 10.6. The van der Waals surface area contributed by atoms with E-state index in [1.165, 1.54) is 16.4 Å². The van der Waals surface area contributed by atoms with Crippen molar-refractivity contribution in [3.05, 3.63) is 136 Å². The summed E-state index contributed by atoms with van der Waals surface area (Å²) in [5.74, 6) is 0.986. The Balaban J connectivity index is 0.998. The van der Waals surface area contributed by atoms with Crippen LogP contribution < -0.4 is 28.9 Å². The first kappa shape index (κ1) is 55.9. The molecule has 0 N–H and O–H groups in total. The lowest BCUT2D eigenvalue weighted by molar-refractivity contribution is -0.116. The molecular formula is C59H67N4O11S3-. The van der Waals surface area contributed by atoms with Gasteiger partial charge in [-0.2, -0.15) is 0 Å². The first-order valence-electron chi connectivity index (χ1n) is 26.3. The Hall–Kier alpha value is -5.89. The lowest BCUT2D eigenvalue weighted by Crippen LogP contribution is -2.38. The van der Waals surface area contributed by atoms with E-state index in [2.05, 4.69) is 43.9 Å². The van der Waals surface area contributed by atoms with Crippen LogP contribution in [-0.2, 0) is 56.9 Å². The Morgan fingerprint density at radius 3 is 2.17 bits per heavy atom. The summed E-state index contributed by atoms with van der Waals surface area (Å²) in [5, 5.41) is -1.58. The summed E-state index contributed by atoms with van der Waals surface area (Å²) in [6.07, 6.45) is 5.76. The number of benzene rings is 5. The highest BCUT2D eigenvalue weighted by Crippen LogP contribution is 2.43. The highest BCUT2D eigenvalue weighted by atomic mass is 33.1. The molecule has 0 spiro atoms. The molecule has 77 heavy (non-hydrogen) atoms. The standard InChI is InChI=1S/C59H68N4O11S3/c1-7-20-71-22-23-72-21-19-61(37-59(4,5)76-75-24-18-56(39(3)64)77(67,68)69)46-27-40(35-73-53-31-42-16-17-45-29-43-12-8-10-14-51(43)62(45)57(65)48(42)25-38(53)2)26-41(28-46)36-74-55-33-50-49(32-54(55)70-6)58(66)63-47(34-60-50)30-44-13-9-11-15-52(44)63/h8-15,25-28,31-34,45,47,56H,7,16-24,29-30,35-37H2,1-6H3,(H,67,68,69)/p-1/t45-,47+,56?/m1/s1. The summed E-state index contributed by atoms with van der Waals surface area (Å²) in [6, 6.07) is 29.6. The molecule has 5 aromatic carbocycles. The van der Waals surface area contributed by atoms with Crippen LogP contribution in [0.3, 0.4) is 0 Å². The number of rotatable bonds is 25. The van der Waals surface area contributed by atoms with Crippen LogP contribution in [-0.4, -0.2) is 111 Å². The predicted molar refractivity (Wildman–Crippen MR) is 304 cm³/mol. The number of methoxy groups -OCH3 is 1. The first-order chi connectivity index (χ1) is 37.0. The number of nitrogens with zero attached hydrogens (tertiary/aromatic N) is 4. The van der Waals surface area contributed by atoms with Gasteiger partial charge in [-0.25, -0.2) is 8.42 Å². The first-order valence-corrected chi connectivity index (χ1v) is 30.1. The Kier molecular flexibility index (Phi) is 17.7. The number of amides is 2. The van der Waals surface area contributed by atoms with Crippen LogP contribution in [0.25, 0.3) is 0 Å². The Morgan fingerprint density at radius 1 is 0.818 bits per heavy atom. The van der Waals surface area contributed by atoms with Gasteiger partial charge in [0.05, 0.1) is 44.2 Å². The molecular weight excluding hydrogens is 1040 g/mol. The van der Waals surface area contributed by atoms with Crippen molar-refractivity contribution in [2.45, 2.75) is 108 Å². The number of hydrogen-bond acceptors (Lipinski definition) is 15. The molecule has 2 amide bonds. The fraction of sp³-hybridized carbons (Fsp3) is 0.424. The highest BCUT2D eigenvalue weighted by Gasteiger charge is 2.39. The molecule has 4 aliphatic rings. The third kappa shape index (κ3) is 13.0. The van der Waals surface area contributed by atoms with Crippen LogP contribution in [0.1, 0.15) is 101 Å². The van der Waals surface area contributed by atoms with Gasteiger partial charge in [-0.1, -0.05) is 64.9 Å². The fourth-order valence-corrected chi connectivity index (χ4v) is 14.2. The van der Waals surface area contributed by atoms with Gasteiger partial charge in [0.25, 0.3) is 11.8 Å². The van der Waals surface area contributed by atoms with Gasteiger partial charge in [0, 0.05) is 77.6 Å². The van der Waals surface area contributed by atoms with Crippen LogP contribution in [0.2, 0.25) is 0 Å². The number of ketones is 1. The highest BCUT2D eigenvalue weighted by molar-refractivity contribution is 8.77. The van der Waals surface area contributed by atoms with Crippen molar-refractivity contribution in [3.8, 4) is 17.2 Å². The van der Waals surface area contributed by atoms with Gasteiger partial charge in [-0.05, 0) is 142 Å². The molecule has 0 fully saturated rings. The van der Waals surface area contributed by atoms with E-state index in [1.807, 2.05) is 78.7 Å². The molecule has 0 aliphatic carbocycles. The minimum atomic E-state index is -4.77. The summed E-state index contributed by atoms with van der Waals surface area (Å²) in [4.78, 5) is 51.4. The topological polar surface area (TPSA) is 177 Å². The summed E-state index contributed by atoms with van der Waals surface area (Å²) in [7, 11) is -0.244. The number of carbonyl (C=O) groups is 3. The Labute approximate surface area is 460 Å². The zero-order valence-electron chi connectivity index (χ0n) is 44.6. The number of para-hydroxylation sites is 2. The molecule has 15 nitrogen and oxygen atoms in total. The molecule has 3 atom stereocenters. The van der Waals surface area contributed by atoms with Gasteiger partial charge in [-0.3, -0.25) is 24.3 Å². The van der Waals surface area contributed by atoms with E-state index in [9.17, 15) is 27.4 Å². The van der Waals surface area contributed by atoms with Crippen molar-refractivity contribution >= 4 is 78.3 Å². The third-order valence-electron chi connectivity index (χ3n) is 14.3. The number of hydrogen-bond donors (Lipinski definition) is 0. The van der Waals surface area contributed by atoms with E-state index >= 15 is 0 Å². The minimum absolute atomic E-state index is 0.0165. The van der Waals surface area contributed by atoms with Crippen LogP contribution >= 0.6 is 21.6 Å². The smallest absolute Gasteiger partial charge is 0.261 e. The molecule has 5 aromatic rings. The molecule has 0 aromatic heterocycles. The molecule has 18 heteroatoms. The van der Waals surface area contributed by atoms with Gasteiger partial charge in [0.15, 0.2) is 11.5 Å². The average molecular weight is 1100 g/mol. The zero-order chi connectivity index (χ0) is 54.4. The summed E-state index contributed by atoms with van der Waals surface area (Å²) < 4.78 is 66.1. The van der Waals surface area contributed by atoms with E-state index in [-0.39, 0.29) is 49.3 Å². The van der Waals surface area contributed by atoms with Crippen LogP contribution in [0.4, 0.5) is 22.7 Å². The summed E-state index contributed by atoms with van der Waals surface area (Å²) in [6.45, 7) is 12.6. The second-order valence-corrected chi connectivity index (χ2v) is 25.3. The largest absolute Gasteiger partial charge is 0.747 e. The van der Waals surface area contributed by atoms with Gasteiger partial charge in [0.1, 0.15) is 40.1 Å². The monoisotopic (exact) mass is 1100 g/mol. The van der Waals surface area contributed by atoms with E-state index in [1.54, 1.807) is 34.9 Å². The second kappa shape index (κ2) is 24.4. The van der Waals surface area contributed by atoms with E-state index < -0.39 is 25.9 Å². The molecule has 4 heterocycles. The van der Waals surface area contributed by atoms with Gasteiger partial charge in [0.2, 0.25) is 0 Å². The van der Waals surface area contributed by atoms with Crippen molar-refractivity contribution in [3.63, 3.8) is 0 Å². The number of fused-ring (bicyclic) bond motifs is 8. The van der Waals surface area contributed by atoms with Crippen LogP contribution in [0, 0.1) is 6.92 Å². The molecule has 0 bridgehead atoms. The lowest BCUT2D eigenvalue weighted by Gasteiger charge is -2.34. The number of ether oxygens (including phenoxy) is 5. The molecule has 4 aliphatic heterocycles. The summed E-state index contributed by atoms with van der Waals surface area (Å²) in [5.41, 5.74) is 10.1. The summed E-state index contributed by atoms with van der Waals surface area (Å²) >= 11 is 0. The molecule has 0 saturated carbocycles. The van der Waals surface area contributed by atoms with E-state index in [0.29, 0.717) is 80.0 Å². The lowest BCUT2D eigenvalue weighted by atomic mass is 9.98. The normalized spacial score (nSPS) is 16.9. The number of carbonyl (C=O) groups excluding carboxylic acids is 3. The van der Waals surface area contributed by atoms with E-state index in [4.69, 9.17) is 28.7 Å². The van der Waals surface area contributed by atoms with Crippen molar-refractivity contribution in [1.29, 1.82) is 0 Å². The van der Waals surface area contributed by atoms with Gasteiger partial charge in [-0.15, -0.1) is 0 Å². The Bertz CT molecular complexity index is 3150. The number of aryl methyl sites for hydroxylation is 2. The molecule has 408 valence electrons. The maximum atomic E-state index is 14.2.